The monoisotopic (exact) mass is 417 g/mol. The van der Waals surface area contributed by atoms with Crippen LogP contribution in [0.2, 0.25) is 0 Å². The molecule has 8 heteroatoms. The SMILES string of the molecule is Cc1ccc(S(C)(=O)=O)cc1C(=O)OCC(=O)c1ccc(NC(=O)C(C)C)cc1. The first-order chi connectivity index (χ1) is 13.5. The van der Waals surface area contributed by atoms with Crippen LogP contribution in [0.3, 0.4) is 0 Å². The van der Waals surface area contributed by atoms with Crippen molar-refractivity contribution < 1.29 is 27.5 Å². The van der Waals surface area contributed by atoms with Crippen LogP contribution in [-0.2, 0) is 19.4 Å². The summed E-state index contributed by atoms with van der Waals surface area (Å²) in [5.74, 6) is -1.50. The van der Waals surface area contributed by atoms with E-state index >= 15 is 0 Å². The van der Waals surface area contributed by atoms with E-state index in [1.54, 1.807) is 32.9 Å². The summed E-state index contributed by atoms with van der Waals surface area (Å²) in [7, 11) is -3.47. The van der Waals surface area contributed by atoms with E-state index in [1.807, 2.05) is 0 Å². The van der Waals surface area contributed by atoms with Crippen molar-refractivity contribution in [2.75, 3.05) is 18.2 Å². The molecule has 0 fully saturated rings. The van der Waals surface area contributed by atoms with Gasteiger partial charge in [-0.05, 0) is 48.9 Å². The average molecular weight is 417 g/mol. The molecule has 0 radical (unpaired) electrons. The number of Topliss-reactive ketones (excluding diaryl/α,β-unsaturated/α-hetero) is 1. The van der Waals surface area contributed by atoms with Gasteiger partial charge in [0.1, 0.15) is 0 Å². The highest BCUT2D eigenvalue weighted by molar-refractivity contribution is 7.90. The molecule has 2 rings (SSSR count). The standard InChI is InChI=1S/C21H23NO6S/c1-13(2)20(24)22-16-8-6-15(7-9-16)19(23)12-28-21(25)18-11-17(29(4,26)27)10-5-14(18)3/h5-11,13H,12H2,1-4H3,(H,22,24). The van der Waals surface area contributed by atoms with Gasteiger partial charge in [0.25, 0.3) is 0 Å². The summed E-state index contributed by atoms with van der Waals surface area (Å²) in [4.78, 5) is 36.3. The number of sulfone groups is 1. The fourth-order valence-electron chi connectivity index (χ4n) is 2.37. The number of ketones is 1. The Hall–Kier alpha value is -3.00. The molecule has 0 aromatic heterocycles. The number of carbonyl (C=O) groups excluding carboxylic acids is 3. The van der Waals surface area contributed by atoms with Gasteiger partial charge in [-0.1, -0.05) is 19.9 Å². The number of ether oxygens (including phenoxy) is 1. The largest absolute Gasteiger partial charge is 0.454 e. The van der Waals surface area contributed by atoms with Crippen molar-refractivity contribution >= 4 is 33.2 Å². The number of aryl methyl sites for hydroxylation is 1. The summed E-state index contributed by atoms with van der Waals surface area (Å²) in [6.07, 6.45) is 1.05. The minimum atomic E-state index is -3.47. The van der Waals surface area contributed by atoms with Gasteiger partial charge in [0.2, 0.25) is 5.91 Å². The molecule has 0 saturated heterocycles. The van der Waals surface area contributed by atoms with Crippen molar-refractivity contribution in [3.05, 3.63) is 59.2 Å². The number of amides is 1. The van der Waals surface area contributed by atoms with Gasteiger partial charge >= 0.3 is 5.97 Å². The minimum absolute atomic E-state index is 0.000380. The lowest BCUT2D eigenvalue weighted by Gasteiger charge is -2.10. The molecule has 29 heavy (non-hydrogen) atoms. The molecule has 0 saturated carbocycles. The Morgan fingerprint density at radius 2 is 1.66 bits per heavy atom. The first-order valence-electron chi connectivity index (χ1n) is 8.91. The first-order valence-corrected chi connectivity index (χ1v) is 10.8. The molecule has 1 amide bonds. The van der Waals surface area contributed by atoms with Crippen LogP contribution in [0.4, 0.5) is 5.69 Å². The zero-order valence-electron chi connectivity index (χ0n) is 16.7. The Labute approximate surface area is 170 Å². The number of anilines is 1. The van der Waals surface area contributed by atoms with E-state index in [-0.39, 0.29) is 22.3 Å². The predicted octanol–water partition coefficient (Wildman–Crippen LogP) is 3.03. The van der Waals surface area contributed by atoms with Gasteiger partial charge in [-0.25, -0.2) is 13.2 Å². The van der Waals surface area contributed by atoms with E-state index in [1.165, 1.54) is 30.3 Å². The topological polar surface area (TPSA) is 107 Å². The van der Waals surface area contributed by atoms with Gasteiger partial charge in [-0.15, -0.1) is 0 Å². The Bertz CT molecular complexity index is 1040. The van der Waals surface area contributed by atoms with Crippen molar-refractivity contribution in [1.29, 1.82) is 0 Å². The number of nitrogens with one attached hydrogen (secondary N) is 1. The lowest BCUT2D eigenvalue weighted by atomic mass is 10.1. The van der Waals surface area contributed by atoms with Gasteiger partial charge in [-0.3, -0.25) is 9.59 Å². The zero-order chi connectivity index (χ0) is 21.8. The van der Waals surface area contributed by atoms with Crippen LogP contribution >= 0.6 is 0 Å². The molecule has 0 spiro atoms. The van der Waals surface area contributed by atoms with Crippen LogP contribution in [0, 0.1) is 12.8 Å². The van der Waals surface area contributed by atoms with E-state index in [0.29, 0.717) is 16.8 Å². The van der Waals surface area contributed by atoms with Crippen molar-refractivity contribution in [1.82, 2.24) is 0 Å². The highest BCUT2D eigenvalue weighted by Gasteiger charge is 2.17. The average Bonchev–Trinajstić information content (AvgIpc) is 2.65. The van der Waals surface area contributed by atoms with Crippen molar-refractivity contribution in [2.24, 2.45) is 5.92 Å². The Morgan fingerprint density at radius 3 is 2.21 bits per heavy atom. The van der Waals surface area contributed by atoms with Gasteiger partial charge in [0.15, 0.2) is 22.2 Å². The highest BCUT2D eigenvalue weighted by Crippen LogP contribution is 2.17. The maximum atomic E-state index is 12.3. The molecular formula is C21H23NO6S. The summed E-state index contributed by atoms with van der Waals surface area (Å²) in [6, 6.07) is 10.4. The van der Waals surface area contributed by atoms with Crippen LogP contribution in [0.5, 0.6) is 0 Å². The lowest BCUT2D eigenvalue weighted by Crippen LogP contribution is -2.18. The van der Waals surface area contributed by atoms with Crippen molar-refractivity contribution in [3.63, 3.8) is 0 Å². The number of carbonyl (C=O) groups is 3. The third-order valence-corrected chi connectivity index (χ3v) is 5.30. The molecule has 2 aromatic rings. The summed E-state index contributed by atoms with van der Waals surface area (Å²) in [6.45, 7) is 4.71. The van der Waals surface area contributed by atoms with E-state index in [0.717, 1.165) is 6.26 Å². The molecule has 0 heterocycles. The lowest BCUT2D eigenvalue weighted by molar-refractivity contribution is -0.118. The molecule has 0 aliphatic carbocycles. The predicted molar refractivity (Wildman–Crippen MR) is 109 cm³/mol. The molecule has 154 valence electrons. The normalized spacial score (nSPS) is 11.2. The van der Waals surface area contributed by atoms with E-state index in [4.69, 9.17) is 4.74 Å². The molecule has 0 atom stereocenters. The Morgan fingerprint density at radius 1 is 1.03 bits per heavy atom. The summed E-state index contributed by atoms with van der Waals surface area (Å²) in [5, 5.41) is 2.72. The van der Waals surface area contributed by atoms with Crippen LogP contribution in [0.25, 0.3) is 0 Å². The smallest absolute Gasteiger partial charge is 0.338 e. The summed E-state index contributed by atoms with van der Waals surface area (Å²) >= 11 is 0. The number of hydrogen-bond donors (Lipinski definition) is 1. The van der Waals surface area contributed by atoms with Crippen LogP contribution in [0.15, 0.2) is 47.4 Å². The summed E-state index contributed by atoms with van der Waals surface area (Å²) < 4.78 is 28.4. The van der Waals surface area contributed by atoms with Gasteiger partial charge in [0, 0.05) is 23.4 Å². The quantitative estimate of drug-likeness (QED) is 0.548. The molecular weight excluding hydrogens is 394 g/mol. The maximum Gasteiger partial charge on any atom is 0.338 e. The van der Waals surface area contributed by atoms with Crippen LogP contribution < -0.4 is 5.32 Å². The fraction of sp³-hybridized carbons (Fsp3) is 0.286. The van der Waals surface area contributed by atoms with Crippen molar-refractivity contribution in [2.45, 2.75) is 25.7 Å². The van der Waals surface area contributed by atoms with Gasteiger partial charge in [0.05, 0.1) is 10.5 Å². The van der Waals surface area contributed by atoms with E-state index < -0.39 is 28.2 Å². The fourth-order valence-corrected chi connectivity index (χ4v) is 3.02. The van der Waals surface area contributed by atoms with Crippen LogP contribution in [0.1, 0.15) is 40.1 Å². The molecule has 2 aromatic carbocycles. The van der Waals surface area contributed by atoms with Gasteiger partial charge in [-0.2, -0.15) is 0 Å². The molecule has 0 aliphatic heterocycles. The van der Waals surface area contributed by atoms with Crippen molar-refractivity contribution in [3.8, 4) is 0 Å². The summed E-state index contributed by atoms with van der Waals surface area (Å²) in [5.41, 5.74) is 1.51. The third kappa shape index (κ3) is 5.99. The van der Waals surface area contributed by atoms with Crippen LogP contribution in [-0.4, -0.2) is 38.9 Å². The second-order valence-electron chi connectivity index (χ2n) is 6.97. The number of benzene rings is 2. The second-order valence-corrected chi connectivity index (χ2v) is 8.99. The molecule has 7 nitrogen and oxygen atoms in total. The number of esters is 1. The Kier molecular flexibility index (Phi) is 6.92. The Balaban J connectivity index is 2.04. The second kappa shape index (κ2) is 9.00. The maximum absolute atomic E-state index is 12.3. The third-order valence-electron chi connectivity index (χ3n) is 4.19. The molecule has 0 bridgehead atoms. The van der Waals surface area contributed by atoms with E-state index in [9.17, 15) is 22.8 Å². The molecule has 1 N–H and O–H groups in total. The highest BCUT2D eigenvalue weighted by atomic mass is 32.2. The number of rotatable bonds is 7. The minimum Gasteiger partial charge on any atom is -0.454 e. The van der Waals surface area contributed by atoms with Gasteiger partial charge < -0.3 is 10.1 Å². The van der Waals surface area contributed by atoms with E-state index in [2.05, 4.69) is 5.32 Å². The first kappa shape index (κ1) is 22.3. The molecule has 0 aliphatic rings. The zero-order valence-corrected chi connectivity index (χ0v) is 17.5. The molecule has 0 unspecified atom stereocenters. The number of hydrogen-bond acceptors (Lipinski definition) is 6.